The molecule has 0 bridgehead atoms. The first kappa shape index (κ1) is 23.4. The molecule has 2 nitrogen and oxygen atoms in total. The maximum absolute atomic E-state index is 13.3. The third-order valence-corrected chi connectivity index (χ3v) is 8.95. The monoisotopic (exact) mass is 499 g/mol. The summed E-state index contributed by atoms with van der Waals surface area (Å²) < 4.78 is 13.1. The van der Waals surface area contributed by atoms with E-state index in [2.05, 4.69) is 80.6 Å². The minimum absolute atomic E-state index is 0.0143. The zero-order valence-electron chi connectivity index (χ0n) is 20.9. The van der Waals surface area contributed by atoms with Crippen LogP contribution in [0.2, 0.25) is 0 Å². The van der Waals surface area contributed by atoms with E-state index >= 15 is 0 Å². The van der Waals surface area contributed by atoms with Gasteiger partial charge in [0.05, 0.1) is 0 Å². The van der Waals surface area contributed by atoms with Gasteiger partial charge in [0.25, 0.3) is 0 Å². The molecule has 0 aromatic heterocycles. The van der Waals surface area contributed by atoms with Gasteiger partial charge in [0.1, 0.15) is 0 Å². The number of carbonyl (C=O) groups excluding carboxylic acids is 1. The number of fused-ring (bicyclic) bond motifs is 2. The van der Waals surface area contributed by atoms with Crippen molar-refractivity contribution in [2.45, 2.75) is 25.2 Å². The molecule has 0 spiro atoms. The molecule has 182 valence electrons. The minimum atomic E-state index is -1.32. The summed E-state index contributed by atoms with van der Waals surface area (Å²) in [6.45, 7) is 4.36. The van der Waals surface area contributed by atoms with E-state index in [1.165, 1.54) is 22.3 Å². The van der Waals surface area contributed by atoms with Gasteiger partial charge in [-0.3, -0.25) is 4.79 Å². The van der Waals surface area contributed by atoms with Crippen LogP contribution in [0.5, 0.6) is 0 Å². The van der Waals surface area contributed by atoms with Crippen LogP contribution in [0.4, 0.5) is 0 Å². The minimum Gasteiger partial charge on any atom is -0.457 e. The van der Waals surface area contributed by atoms with E-state index in [-0.39, 0.29) is 5.78 Å². The molecule has 0 fully saturated rings. The van der Waals surface area contributed by atoms with Gasteiger partial charge in [-0.15, -0.1) is 9.76 Å². The second kappa shape index (κ2) is 9.49. The first-order valence-electron chi connectivity index (χ1n) is 12.7. The van der Waals surface area contributed by atoms with E-state index in [0.29, 0.717) is 15.3 Å². The number of ketones is 1. The Hall–Kier alpha value is -3.95. The third-order valence-electron chi connectivity index (χ3n) is 7.38. The van der Waals surface area contributed by atoms with Crippen molar-refractivity contribution in [3.63, 3.8) is 0 Å². The largest absolute Gasteiger partial charge is 0.457 e. The Labute approximate surface area is 220 Å². The molecule has 1 aliphatic heterocycles. The lowest BCUT2D eigenvalue weighted by atomic mass is 9.89. The lowest BCUT2D eigenvalue weighted by Gasteiger charge is -2.30. The fourth-order valence-corrected chi connectivity index (χ4v) is 6.69. The summed E-state index contributed by atoms with van der Waals surface area (Å²) in [4.78, 5) is 14.5. The molecule has 2 aliphatic rings. The Morgan fingerprint density at radius 3 is 1.97 bits per heavy atom. The van der Waals surface area contributed by atoms with Gasteiger partial charge in [-0.25, -0.2) is 10.4 Å². The summed E-state index contributed by atoms with van der Waals surface area (Å²) in [6.07, 6.45) is 8.38. The van der Waals surface area contributed by atoms with Crippen LogP contribution in [0.1, 0.15) is 28.4 Å². The summed E-state index contributed by atoms with van der Waals surface area (Å²) in [5.41, 5.74) is 9.92. The van der Waals surface area contributed by atoms with Gasteiger partial charge in [0.15, 0.2) is 5.78 Å². The van der Waals surface area contributed by atoms with E-state index < -0.39 is 16.3 Å². The first-order valence-corrected chi connectivity index (χ1v) is 13.8. The van der Waals surface area contributed by atoms with Crippen LogP contribution in [0, 0.1) is 12.8 Å². The van der Waals surface area contributed by atoms with E-state index in [1.807, 2.05) is 42.5 Å². The molecule has 0 saturated heterocycles. The van der Waals surface area contributed by atoms with E-state index in [9.17, 15) is 9.00 Å². The topological polar surface area (TPSA) is 34.1 Å². The Morgan fingerprint density at radius 1 is 0.730 bits per heavy atom. The Balaban J connectivity index is 1.38. The Kier molecular flexibility index (Phi) is 6.02. The van der Waals surface area contributed by atoms with Crippen LogP contribution in [-0.2, 0) is 21.0 Å². The lowest BCUT2D eigenvalue weighted by Crippen LogP contribution is -2.29. The second-order valence-corrected chi connectivity index (χ2v) is 11.1. The molecule has 3 heteroatoms. The molecular formula is C34H27O2S-. The van der Waals surface area contributed by atoms with Crippen LogP contribution < -0.4 is 0 Å². The molecule has 6 rings (SSSR count). The fourth-order valence-electron chi connectivity index (χ4n) is 5.26. The van der Waals surface area contributed by atoms with Crippen molar-refractivity contribution in [3.05, 3.63) is 126 Å². The van der Waals surface area contributed by atoms with Crippen molar-refractivity contribution in [1.82, 2.24) is 0 Å². The zero-order valence-corrected chi connectivity index (χ0v) is 21.7. The maximum atomic E-state index is 13.3. The quantitative estimate of drug-likeness (QED) is 0.211. The molecule has 0 N–H and O–H groups in total. The van der Waals surface area contributed by atoms with Crippen molar-refractivity contribution in [1.29, 1.82) is 0 Å². The molecule has 0 radical (unpaired) electrons. The second-order valence-electron chi connectivity index (χ2n) is 9.62. The Morgan fingerprint density at radius 2 is 1.32 bits per heavy atom. The highest BCUT2D eigenvalue weighted by atomic mass is 32.2. The van der Waals surface area contributed by atoms with Gasteiger partial charge in [0.2, 0.25) is 0 Å². The van der Waals surface area contributed by atoms with Crippen molar-refractivity contribution < 1.29 is 9.00 Å². The van der Waals surface area contributed by atoms with Gasteiger partial charge in [-0.2, -0.15) is 0 Å². The summed E-state index contributed by atoms with van der Waals surface area (Å²) >= 11 is 0. The van der Waals surface area contributed by atoms with E-state index in [1.54, 1.807) is 0 Å². The highest BCUT2D eigenvalue weighted by molar-refractivity contribution is 7.85. The smallest absolute Gasteiger partial charge is 0.170 e. The normalized spacial score (nSPS) is 16.5. The number of benzene rings is 4. The molecule has 37 heavy (non-hydrogen) atoms. The zero-order chi connectivity index (χ0) is 25.5. The van der Waals surface area contributed by atoms with Gasteiger partial charge in [-0.05, 0) is 76.1 Å². The molecular weight excluding hydrogens is 472 g/mol. The van der Waals surface area contributed by atoms with Crippen molar-refractivity contribution in [2.75, 3.05) is 0 Å². The molecule has 1 unspecified atom stereocenters. The summed E-state index contributed by atoms with van der Waals surface area (Å²) in [5.74, 6) is -0.418. The summed E-state index contributed by atoms with van der Waals surface area (Å²) in [7, 11) is -1.32. The van der Waals surface area contributed by atoms with Crippen molar-refractivity contribution in [3.8, 4) is 33.4 Å². The SMILES string of the molecule is CCc1cc(-c2cccc(-c3cccc(-c4ccc5c(c4)C(=O)C4C=CC=CC4=[S-]5=O)c3)c2)ccc1C. The number of carbonyl (C=O) groups is 1. The van der Waals surface area contributed by atoms with Gasteiger partial charge < -0.3 is 4.21 Å². The van der Waals surface area contributed by atoms with E-state index in [4.69, 9.17) is 0 Å². The van der Waals surface area contributed by atoms with Gasteiger partial charge in [0, 0.05) is 11.5 Å². The maximum Gasteiger partial charge on any atom is 0.170 e. The van der Waals surface area contributed by atoms with Gasteiger partial charge in [-0.1, -0.05) is 98.0 Å². The average molecular weight is 500 g/mol. The fraction of sp³-hybridized carbons (Fsp3) is 0.118. The van der Waals surface area contributed by atoms with Crippen LogP contribution in [0.15, 0.2) is 114 Å². The number of aryl methyl sites for hydroxylation is 2. The number of Topliss-reactive ketones (excluding diaryl/α,β-unsaturated/α-hetero) is 1. The van der Waals surface area contributed by atoms with Crippen LogP contribution in [0.25, 0.3) is 33.4 Å². The molecule has 4 aromatic carbocycles. The third kappa shape index (κ3) is 4.20. The molecule has 4 aromatic rings. The first-order chi connectivity index (χ1) is 18.0. The lowest BCUT2D eigenvalue weighted by molar-refractivity contribution is 0.0969. The molecule has 1 aliphatic carbocycles. The van der Waals surface area contributed by atoms with Crippen LogP contribution >= 0.6 is 0 Å². The highest BCUT2D eigenvalue weighted by Gasteiger charge is 2.25. The molecule has 1 atom stereocenters. The number of allylic oxidation sites excluding steroid dienone is 4. The number of hydrogen-bond donors (Lipinski definition) is 0. The highest BCUT2D eigenvalue weighted by Crippen LogP contribution is 2.33. The van der Waals surface area contributed by atoms with E-state index in [0.717, 1.165) is 28.7 Å². The molecule has 0 amide bonds. The van der Waals surface area contributed by atoms with Crippen LogP contribution in [0.3, 0.4) is 0 Å². The number of rotatable bonds is 4. The van der Waals surface area contributed by atoms with Crippen LogP contribution in [-0.4, -0.2) is 10.6 Å². The molecule has 0 saturated carbocycles. The predicted octanol–water partition coefficient (Wildman–Crippen LogP) is 7.99. The predicted molar refractivity (Wildman–Crippen MR) is 154 cm³/mol. The standard InChI is InChI=1S/C34H27O2S/c1-3-23-18-28(15-14-22(23)2)26-10-6-8-24(19-26)25-9-7-11-27(20-25)29-16-17-33-31(21-29)34(35)30-12-4-5-13-32(30)37(33)36/h4-21,30H,3H2,1-2H3/q-1. The Bertz CT molecular complexity index is 1710. The van der Waals surface area contributed by atoms with Crippen molar-refractivity contribution in [2.24, 2.45) is 5.92 Å². The summed E-state index contributed by atoms with van der Waals surface area (Å²) in [5, 5.41) is 0. The average Bonchev–Trinajstić information content (AvgIpc) is 2.96. The summed E-state index contributed by atoms with van der Waals surface area (Å²) in [6, 6.07) is 29.5. The number of hydrogen-bond acceptors (Lipinski definition) is 3. The van der Waals surface area contributed by atoms with Gasteiger partial charge >= 0.3 is 0 Å². The van der Waals surface area contributed by atoms with Crippen molar-refractivity contribution >= 4 is 21.0 Å². The molecule has 1 heterocycles.